The Kier molecular flexibility index (Phi) is 8.08. The molecule has 3 heteroatoms. The summed E-state index contributed by atoms with van der Waals surface area (Å²) in [7, 11) is 0. The number of benzene rings is 1. The molecule has 2 N–H and O–H groups in total. The van der Waals surface area contributed by atoms with Crippen LogP contribution in [0.5, 0.6) is 0 Å². The van der Waals surface area contributed by atoms with Crippen molar-refractivity contribution in [1.82, 2.24) is 5.32 Å². The first-order chi connectivity index (χ1) is 8.94. The number of hydrogen-bond acceptors (Lipinski definition) is 2. The van der Waals surface area contributed by atoms with E-state index in [9.17, 15) is 4.79 Å². The van der Waals surface area contributed by atoms with Crippen LogP contribution >= 0.6 is 0 Å². The second kappa shape index (κ2) is 8.70. The Bertz CT molecular complexity index is 381. The third kappa shape index (κ3) is 6.97. The molecule has 1 aromatic carbocycles. The maximum atomic E-state index is 12.1. The van der Waals surface area contributed by atoms with Crippen LogP contribution in [0.1, 0.15) is 57.0 Å². The fourth-order valence-corrected chi connectivity index (χ4v) is 1.64. The highest BCUT2D eigenvalue weighted by Gasteiger charge is 2.17. The zero-order chi connectivity index (χ0) is 14.9. The van der Waals surface area contributed by atoms with Crippen molar-refractivity contribution < 1.29 is 9.90 Å². The van der Waals surface area contributed by atoms with E-state index >= 15 is 0 Å². The van der Waals surface area contributed by atoms with Crippen molar-refractivity contribution in [3.05, 3.63) is 35.4 Å². The van der Waals surface area contributed by atoms with Crippen LogP contribution in [0.25, 0.3) is 0 Å². The lowest BCUT2D eigenvalue weighted by molar-refractivity contribution is 0.0918. The number of aliphatic hydroxyl groups is 1. The van der Waals surface area contributed by atoms with Gasteiger partial charge in [-0.15, -0.1) is 0 Å². The topological polar surface area (TPSA) is 49.3 Å². The highest BCUT2D eigenvalue weighted by molar-refractivity contribution is 5.96. The van der Waals surface area contributed by atoms with E-state index in [4.69, 9.17) is 5.11 Å². The van der Waals surface area contributed by atoms with Gasteiger partial charge in [-0.2, -0.15) is 0 Å². The quantitative estimate of drug-likeness (QED) is 0.878. The molecular weight excluding hydrogens is 238 g/mol. The van der Waals surface area contributed by atoms with E-state index in [1.165, 1.54) is 0 Å². The first-order valence-electron chi connectivity index (χ1n) is 6.95. The van der Waals surface area contributed by atoms with Crippen molar-refractivity contribution in [1.29, 1.82) is 0 Å². The van der Waals surface area contributed by atoms with Crippen LogP contribution in [0.3, 0.4) is 0 Å². The van der Waals surface area contributed by atoms with Gasteiger partial charge in [-0.05, 0) is 45.2 Å². The molecule has 108 valence electrons. The number of amides is 1. The van der Waals surface area contributed by atoms with Crippen LogP contribution in [-0.4, -0.2) is 23.2 Å². The van der Waals surface area contributed by atoms with E-state index < -0.39 is 0 Å². The molecule has 1 rings (SSSR count). The van der Waals surface area contributed by atoms with E-state index in [1.807, 2.05) is 58.9 Å². The van der Waals surface area contributed by atoms with E-state index in [-0.39, 0.29) is 18.1 Å². The minimum Gasteiger partial charge on any atom is -0.396 e. The number of rotatable bonds is 4. The zero-order valence-electron chi connectivity index (χ0n) is 12.8. The molecular formula is C16H27NO2. The SMILES string of the molecule is CC.CC(C)(C)NC(=O)c1ccccc1CCCO. The molecule has 0 bridgehead atoms. The predicted molar refractivity (Wildman–Crippen MR) is 80.4 cm³/mol. The summed E-state index contributed by atoms with van der Waals surface area (Å²) in [5.74, 6) is -0.0500. The van der Waals surface area contributed by atoms with Crippen LogP contribution < -0.4 is 5.32 Å². The van der Waals surface area contributed by atoms with Gasteiger partial charge in [-0.25, -0.2) is 0 Å². The Hall–Kier alpha value is -1.35. The molecule has 0 radical (unpaired) electrons. The monoisotopic (exact) mass is 265 g/mol. The van der Waals surface area contributed by atoms with Crippen LogP contribution in [0, 0.1) is 0 Å². The van der Waals surface area contributed by atoms with Crippen molar-refractivity contribution in [2.24, 2.45) is 0 Å². The maximum absolute atomic E-state index is 12.1. The second-order valence-corrected chi connectivity index (χ2v) is 5.19. The second-order valence-electron chi connectivity index (χ2n) is 5.19. The molecule has 0 spiro atoms. The van der Waals surface area contributed by atoms with Gasteiger partial charge in [-0.1, -0.05) is 32.0 Å². The summed E-state index contributed by atoms with van der Waals surface area (Å²) in [6.07, 6.45) is 1.41. The zero-order valence-corrected chi connectivity index (χ0v) is 12.8. The molecule has 0 aliphatic heterocycles. The molecule has 0 atom stereocenters. The van der Waals surface area contributed by atoms with Gasteiger partial charge in [-0.3, -0.25) is 4.79 Å². The summed E-state index contributed by atoms with van der Waals surface area (Å²) in [5.41, 5.74) is 1.46. The fraction of sp³-hybridized carbons (Fsp3) is 0.562. The van der Waals surface area contributed by atoms with Gasteiger partial charge in [0.15, 0.2) is 0 Å². The molecule has 0 aliphatic rings. The van der Waals surface area contributed by atoms with Crippen molar-refractivity contribution in [3.8, 4) is 0 Å². The predicted octanol–water partition coefficient (Wildman–Crippen LogP) is 3.17. The first-order valence-corrected chi connectivity index (χ1v) is 6.95. The van der Waals surface area contributed by atoms with Crippen molar-refractivity contribution in [3.63, 3.8) is 0 Å². The first kappa shape index (κ1) is 17.6. The minimum absolute atomic E-state index is 0.0500. The number of carbonyl (C=O) groups excluding carboxylic acids is 1. The van der Waals surface area contributed by atoms with Gasteiger partial charge in [0.05, 0.1) is 0 Å². The van der Waals surface area contributed by atoms with Gasteiger partial charge in [0.2, 0.25) is 0 Å². The van der Waals surface area contributed by atoms with Crippen LogP contribution in [0.15, 0.2) is 24.3 Å². The van der Waals surface area contributed by atoms with Gasteiger partial charge in [0, 0.05) is 17.7 Å². The maximum Gasteiger partial charge on any atom is 0.251 e. The number of aryl methyl sites for hydroxylation is 1. The van der Waals surface area contributed by atoms with E-state index in [2.05, 4.69) is 5.32 Å². The summed E-state index contributed by atoms with van der Waals surface area (Å²) in [6, 6.07) is 7.54. The third-order valence-electron chi connectivity index (χ3n) is 2.35. The Morgan fingerprint density at radius 3 is 2.32 bits per heavy atom. The number of carbonyl (C=O) groups is 1. The molecule has 0 aromatic heterocycles. The van der Waals surface area contributed by atoms with Gasteiger partial charge < -0.3 is 10.4 Å². The standard InChI is InChI=1S/C14H21NO2.C2H6/c1-14(2,3)15-13(17)12-9-5-4-7-11(12)8-6-10-16;1-2/h4-5,7,9,16H,6,8,10H2,1-3H3,(H,15,17);1-2H3. The number of aliphatic hydroxyl groups excluding tert-OH is 1. The summed E-state index contributed by atoms with van der Waals surface area (Å²) < 4.78 is 0. The average Bonchev–Trinajstić information content (AvgIpc) is 2.37. The molecule has 0 unspecified atom stereocenters. The van der Waals surface area contributed by atoms with Crippen molar-refractivity contribution >= 4 is 5.91 Å². The molecule has 3 nitrogen and oxygen atoms in total. The lowest BCUT2D eigenvalue weighted by Gasteiger charge is -2.21. The van der Waals surface area contributed by atoms with E-state index in [0.717, 1.165) is 12.0 Å². The fourth-order valence-electron chi connectivity index (χ4n) is 1.64. The van der Waals surface area contributed by atoms with Crippen LogP contribution in [0.4, 0.5) is 0 Å². The Labute approximate surface area is 117 Å². The number of nitrogens with one attached hydrogen (secondary N) is 1. The largest absolute Gasteiger partial charge is 0.396 e. The van der Waals surface area contributed by atoms with Gasteiger partial charge in [0.1, 0.15) is 0 Å². The van der Waals surface area contributed by atoms with Crippen LogP contribution in [0.2, 0.25) is 0 Å². The summed E-state index contributed by atoms with van der Waals surface area (Å²) >= 11 is 0. The highest BCUT2D eigenvalue weighted by atomic mass is 16.2. The highest BCUT2D eigenvalue weighted by Crippen LogP contribution is 2.12. The Balaban J connectivity index is 0.00000154. The molecule has 0 heterocycles. The number of hydrogen-bond donors (Lipinski definition) is 2. The molecule has 19 heavy (non-hydrogen) atoms. The normalized spacial score (nSPS) is 10.4. The van der Waals surface area contributed by atoms with E-state index in [1.54, 1.807) is 0 Å². The Morgan fingerprint density at radius 2 is 1.79 bits per heavy atom. The molecule has 0 saturated carbocycles. The summed E-state index contributed by atoms with van der Waals surface area (Å²) in [6.45, 7) is 10.0. The summed E-state index contributed by atoms with van der Waals surface area (Å²) in [5, 5.41) is 11.8. The third-order valence-corrected chi connectivity index (χ3v) is 2.35. The molecule has 0 fully saturated rings. The van der Waals surface area contributed by atoms with Crippen molar-refractivity contribution in [2.45, 2.75) is 53.0 Å². The molecule has 1 aromatic rings. The smallest absolute Gasteiger partial charge is 0.251 e. The minimum atomic E-state index is -0.235. The lowest BCUT2D eigenvalue weighted by atomic mass is 10.0. The molecule has 1 amide bonds. The average molecular weight is 265 g/mol. The van der Waals surface area contributed by atoms with Gasteiger partial charge >= 0.3 is 0 Å². The van der Waals surface area contributed by atoms with E-state index in [0.29, 0.717) is 12.0 Å². The molecule has 0 saturated heterocycles. The van der Waals surface area contributed by atoms with Crippen molar-refractivity contribution in [2.75, 3.05) is 6.61 Å². The lowest BCUT2D eigenvalue weighted by Crippen LogP contribution is -2.40. The Morgan fingerprint density at radius 1 is 1.21 bits per heavy atom. The summed E-state index contributed by atoms with van der Waals surface area (Å²) in [4.78, 5) is 12.1. The molecule has 0 aliphatic carbocycles. The van der Waals surface area contributed by atoms with Gasteiger partial charge in [0.25, 0.3) is 5.91 Å². The van der Waals surface area contributed by atoms with Crippen LogP contribution in [-0.2, 0) is 6.42 Å².